The maximum absolute atomic E-state index is 13.1. The molecular weight excluding hydrogens is 284 g/mol. The summed E-state index contributed by atoms with van der Waals surface area (Å²) in [5.41, 5.74) is 3.18. The predicted molar refractivity (Wildman–Crippen MR) is 90.4 cm³/mol. The van der Waals surface area contributed by atoms with E-state index in [1.807, 2.05) is 66.7 Å². The first-order valence-corrected chi connectivity index (χ1v) is 7.66. The SMILES string of the molecule is CC1(O)c2ccccc2C(=O)c2c(-c3ccccc3)cccc21. The van der Waals surface area contributed by atoms with E-state index in [0.717, 1.165) is 11.1 Å². The van der Waals surface area contributed by atoms with E-state index >= 15 is 0 Å². The maximum atomic E-state index is 13.1. The standard InChI is InChI=1S/C21H16O2/c1-21(23)17-12-6-5-10-16(17)20(22)19-15(11-7-13-18(19)21)14-8-3-2-4-9-14/h2-13,23H,1H3. The van der Waals surface area contributed by atoms with Crippen molar-refractivity contribution in [3.8, 4) is 11.1 Å². The lowest BCUT2D eigenvalue weighted by atomic mass is 9.73. The van der Waals surface area contributed by atoms with E-state index in [9.17, 15) is 9.90 Å². The molecule has 0 heterocycles. The number of ketones is 1. The second-order valence-electron chi connectivity index (χ2n) is 6.04. The molecular formula is C21H16O2. The molecule has 1 aliphatic carbocycles. The highest BCUT2D eigenvalue weighted by molar-refractivity contribution is 6.16. The number of carbonyl (C=O) groups is 1. The van der Waals surface area contributed by atoms with Crippen molar-refractivity contribution in [1.29, 1.82) is 0 Å². The van der Waals surface area contributed by atoms with Gasteiger partial charge in [0.15, 0.2) is 5.78 Å². The first kappa shape index (κ1) is 13.9. The van der Waals surface area contributed by atoms with Gasteiger partial charge in [-0.05, 0) is 29.2 Å². The van der Waals surface area contributed by atoms with Crippen LogP contribution in [0.3, 0.4) is 0 Å². The summed E-state index contributed by atoms with van der Waals surface area (Å²) < 4.78 is 0. The Morgan fingerprint density at radius 2 is 1.35 bits per heavy atom. The van der Waals surface area contributed by atoms with E-state index in [4.69, 9.17) is 0 Å². The Bertz CT molecular complexity index is 908. The molecule has 1 aliphatic rings. The largest absolute Gasteiger partial charge is 0.381 e. The van der Waals surface area contributed by atoms with E-state index in [0.29, 0.717) is 22.3 Å². The van der Waals surface area contributed by atoms with Gasteiger partial charge in [0.1, 0.15) is 5.60 Å². The smallest absolute Gasteiger partial charge is 0.194 e. The second-order valence-corrected chi connectivity index (χ2v) is 6.04. The Morgan fingerprint density at radius 1 is 0.739 bits per heavy atom. The van der Waals surface area contributed by atoms with Crippen LogP contribution in [-0.4, -0.2) is 10.9 Å². The lowest BCUT2D eigenvalue weighted by molar-refractivity contribution is 0.0864. The molecule has 112 valence electrons. The Morgan fingerprint density at radius 3 is 2.13 bits per heavy atom. The average Bonchev–Trinajstić information content (AvgIpc) is 2.60. The highest BCUT2D eigenvalue weighted by Crippen LogP contribution is 2.42. The molecule has 0 spiro atoms. The van der Waals surface area contributed by atoms with Gasteiger partial charge >= 0.3 is 0 Å². The summed E-state index contributed by atoms with van der Waals surface area (Å²) in [4.78, 5) is 13.1. The van der Waals surface area contributed by atoms with Gasteiger partial charge in [0.2, 0.25) is 0 Å². The Labute approximate surface area is 135 Å². The highest BCUT2D eigenvalue weighted by atomic mass is 16.3. The van der Waals surface area contributed by atoms with Crippen LogP contribution in [0.4, 0.5) is 0 Å². The number of hydrogen-bond donors (Lipinski definition) is 1. The van der Waals surface area contributed by atoms with Crippen LogP contribution in [0.25, 0.3) is 11.1 Å². The molecule has 1 unspecified atom stereocenters. The fraction of sp³-hybridized carbons (Fsp3) is 0.0952. The van der Waals surface area contributed by atoms with Crippen molar-refractivity contribution in [2.45, 2.75) is 12.5 Å². The lowest BCUT2D eigenvalue weighted by Crippen LogP contribution is -2.33. The summed E-state index contributed by atoms with van der Waals surface area (Å²) in [7, 11) is 0. The van der Waals surface area contributed by atoms with Crippen LogP contribution in [-0.2, 0) is 5.60 Å². The molecule has 4 rings (SSSR count). The third-order valence-electron chi connectivity index (χ3n) is 4.60. The van der Waals surface area contributed by atoms with Crippen molar-refractivity contribution >= 4 is 5.78 Å². The lowest BCUT2D eigenvalue weighted by Gasteiger charge is -2.33. The fourth-order valence-electron chi connectivity index (χ4n) is 3.45. The van der Waals surface area contributed by atoms with E-state index in [1.54, 1.807) is 13.0 Å². The van der Waals surface area contributed by atoms with Crippen LogP contribution in [0, 0.1) is 0 Å². The molecule has 2 nitrogen and oxygen atoms in total. The van der Waals surface area contributed by atoms with Crippen LogP contribution >= 0.6 is 0 Å². The van der Waals surface area contributed by atoms with Crippen molar-refractivity contribution in [2.24, 2.45) is 0 Å². The molecule has 0 radical (unpaired) electrons. The molecule has 3 aromatic carbocycles. The van der Waals surface area contributed by atoms with E-state index in [2.05, 4.69) is 0 Å². The monoisotopic (exact) mass is 300 g/mol. The van der Waals surface area contributed by atoms with Gasteiger partial charge in [0.05, 0.1) is 0 Å². The Kier molecular flexibility index (Phi) is 2.97. The third kappa shape index (κ3) is 1.96. The minimum atomic E-state index is -1.18. The molecule has 0 aromatic heterocycles. The van der Waals surface area contributed by atoms with Crippen LogP contribution < -0.4 is 0 Å². The topological polar surface area (TPSA) is 37.3 Å². The van der Waals surface area contributed by atoms with Crippen molar-refractivity contribution in [2.75, 3.05) is 0 Å². The van der Waals surface area contributed by atoms with Crippen LogP contribution in [0.1, 0.15) is 34.0 Å². The van der Waals surface area contributed by atoms with Crippen molar-refractivity contribution in [3.63, 3.8) is 0 Å². The summed E-state index contributed by atoms with van der Waals surface area (Å²) in [5.74, 6) is -0.0263. The second kappa shape index (κ2) is 4.90. The quantitative estimate of drug-likeness (QED) is 0.733. The van der Waals surface area contributed by atoms with Crippen molar-refractivity contribution in [3.05, 3.63) is 95.1 Å². The summed E-state index contributed by atoms with van der Waals surface area (Å²) >= 11 is 0. The molecule has 1 atom stereocenters. The fourth-order valence-corrected chi connectivity index (χ4v) is 3.45. The number of rotatable bonds is 1. The molecule has 1 N–H and O–H groups in total. The summed E-state index contributed by atoms with van der Waals surface area (Å²) in [6, 6.07) is 22.8. The zero-order chi connectivity index (χ0) is 16.0. The molecule has 3 aromatic rings. The van der Waals surface area contributed by atoms with E-state index in [1.165, 1.54) is 0 Å². The first-order valence-electron chi connectivity index (χ1n) is 7.66. The number of hydrogen-bond acceptors (Lipinski definition) is 2. The minimum Gasteiger partial charge on any atom is -0.381 e. The van der Waals surface area contributed by atoms with Gasteiger partial charge < -0.3 is 5.11 Å². The number of carbonyl (C=O) groups excluding carboxylic acids is 1. The van der Waals surface area contributed by atoms with Crippen molar-refractivity contribution in [1.82, 2.24) is 0 Å². The van der Waals surface area contributed by atoms with Crippen LogP contribution in [0.5, 0.6) is 0 Å². The zero-order valence-corrected chi connectivity index (χ0v) is 12.8. The molecule has 0 saturated heterocycles. The van der Waals surface area contributed by atoms with Gasteiger partial charge in [0.25, 0.3) is 0 Å². The summed E-state index contributed by atoms with van der Waals surface area (Å²) in [5, 5.41) is 11.1. The highest BCUT2D eigenvalue weighted by Gasteiger charge is 2.39. The van der Waals surface area contributed by atoms with Gasteiger partial charge in [-0.3, -0.25) is 4.79 Å². The molecule has 2 heteroatoms. The molecule has 0 bridgehead atoms. The van der Waals surface area contributed by atoms with Crippen LogP contribution in [0.2, 0.25) is 0 Å². The number of fused-ring (bicyclic) bond motifs is 2. The minimum absolute atomic E-state index is 0.0263. The Hall–Kier alpha value is -2.71. The summed E-state index contributed by atoms with van der Waals surface area (Å²) in [6.45, 7) is 1.76. The molecule has 0 fully saturated rings. The molecule has 0 aliphatic heterocycles. The van der Waals surface area contributed by atoms with E-state index < -0.39 is 5.60 Å². The number of benzene rings is 3. The molecule has 0 saturated carbocycles. The van der Waals surface area contributed by atoms with E-state index in [-0.39, 0.29) is 5.78 Å². The molecule has 23 heavy (non-hydrogen) atoms. The van der Waals surface area contributed by atoms with Gasteiger partial charge in [-0.2, -0.15) is 0 Å². The maximum Gasteiger partial charge on any atom is 0.194 e. The van der Waals surface area contributed by atoms with Gasteiger partial charge in [-0.25, -0.2) is 0 Å². The third-order valence-corrected chi connectivity index (χ3v) is 4.60. The molecule has 0 amide bonds. The summed E-state index contributed by atoms with van der Waals surface area (Å²) in [6.07, 6.45) is 0. The zero-order valence-electron chi connectivity index (χ0n) is 12.8. The number of aliphatic hydroxyl groups is 1. The van der Waals surface area contributed by atoms with Gasteiger partial charge in [-0.15, -0.1) is 0 Å². The predicted octanol–water partition coefficient (Wildman–Crippen LogP) is 4.15. The van der Waals surface area contributed by atoms with Crippen molar-refractivity contribution < 1.29 is 9.90 Å². The van der Waals surface area contributed by atoms with Gasteiger partial charge in [0, 0.05) is 11.1 Å². The first-order chi connectivity index (χ1) is 11.1. The normalized spacial score (nSPS) is 19.1. The Balaban J connectivity index is 2.05. The van der Waals surface area contributed by atoms with Crippen LogP contribution in [0.15, 0.2) is 72.8 Å². The van der Waals surface area contributed by atoms with Gasteiger partial charge in [-0.1, -0.05) is 72.8 Å². The average molecular weight is 300 g/mol.